The third kappa shape index (κ3) is 1.54. The van der Waals surface area contributed by atoms with E-state index in [1.165, 1.54) is 0 Å². The average molecular weight is 125 g/mol. The van der Waals surface area contributed by atoms with Gasteiger partial charge < -0.3 is 5.11 Å². The molecule has 1 aromatic heterocycles. The molecule has 0 aliphatic heterocycles. The fraction of sp³-hybridized carbons (Fsp3) is 0.333. The van der Waals surface area contributed by atoms with Crippen LogP contribution in [0.1, 0.15) is 5.56 Å². The normalized spacial score (nSPS) is 10.0. The number of hydrogen-bond acceptors (Lipinski definition) is 2. The summed E-state index contributed by atoms with van der Waals surface area (Å²) in [4.78, 5) is 0. The standard InChI is InChI=1S/C6H9N2O/c1-6-4-7-8(5-6)2-3-9/h4-5,9H,1-3H2. The first-order valence-electron chi connectivity index (χ1n) is 2.78. The van der Waals surface area contributed by atoms with Crippen molar-refractivity contribution in [1.29, 1.82) is 0 Å². The van der Waals surface area contributed by atoms with E-state index < -0.39 is 0 Å². The number of aliphatic hydroxyl groups excluding tert-OH is 1. The Hall–Kier alpha value is -0.830. The van der Waals surface area contributed by atoms with Crippen LogP contribution >= 0.6 is 0 Å². The number of hydrogen-bond donors (Lipinski definition) is 1. The summed E-state index contributed by atoms with van der Waals surface area (Å²) in [5.41, 5.74) is 0.878. The summed E-state index contributed by atoms with van der Waals surface area (Å²) < 4.78 is 1.66. The third-order valence-corrected chi connectivity index (χ3v) is 1.02. The summed E-state index contributed by atoms with van der Waals surface area (Å²) >= 11 is 0. The Morgan fingerprint density at radius 3 is 3.00 bits per heavy atom. The highest BCUT2D eigenvalue weighted by Crippen LogP contribution is 1.92. The first kappa shape index (κ1) is 6.29. The van der Waals surface area contributed by atoms with Crippen molar-refractivity contribution in [3.63, 3.8) is 0 Å². The zero-order chi connectivity index (χ0) is 6.69. The SMILES string of the molecule is [CH2]c1cnn(CCO)c1. The predicted molar refractivity (Wildman–Crippen MR) is 33.8 cm³/mol. The fourth-order valence-electron chi connectivity index (χ4n) is 0.631. The van der Waals surface area contributed by atoms with Gasteiger partial charge in [-0.25, -0.2) is 0 Å². The average Bonchev–Trinajstić information content (AvgIpc) is 2.17. The molecule has 1 radical (unpaired) electrons. The van der Waals surface area contributed by atoms with Gasteiger partial charge in [-0.05, 0) is 12.5 Å². The molecule has 3 heteroatoms. The zero-order valence-electron chi connectivity index (χ0n) is 5.12. The van der Waals surface area contributed by atoms with Crippen LogP contribution in [0.5, 0.6) is 0 Å². The molecule has 1 aromatic rings. The van der Waals surface area contributed by atoms with E-state index in [0.717, 1.165) is 5.56 Å². The molecule has 0 spiro atoms. The van der Waals surface area contributed by atoms with Gasteiger partial charge in [0.1, 0.15) is 0 Å². The van der Waals surface area contributed by atoms with Gasteiger partial charge in [-0.3, -0.25) is 4.68 Å². The van der Waals surface area contributed by atoms with Gasteiger partial charge in [-0.15, -0.1) is 0 Å². The molecule has 3 nitrogen and oxygen atoms in total. The molecule has 0 unspecified atom stereocenters. The summed E-state index contributed by atoms with van der Waals surface area (Å²) in [5, 5.41) is 12.3. The van der Waals surface area contributed by atoms with Crippen molar-refractivity contribution in [2.75, 3.05) is 6.61 Å². The summed E-state index contributed by atoms with van der Waals surface area (Å²) in [6.07, 6.45) is 3.45. The minimum absolute atomic E-state index is 0.126. The van der Waals surface area contributed by atoms with E-state index in [1.54, 1.807) is 17.1 Å². The third-order valence-electron chi connectivity index (χ3n) is 1.02. The molecular weight excluding hydrogens is 116 g/mol. The molecule has 0 aliphatic rings. The van der Waals surface area contributed by atoms with Crippen molar-refractivity contribution in [2.45, 2.75) is 6.54 Å². The maximum atomic E-state index is 8.45. The molecule has 49 valence electrons. The number of aliphatic hydroxyl groups is 1. The van der Waals surface area contributed by atoms with Crippen LogP contribution in [0.4, 0.5) is 0 Å². The van der Waals surface area contributed by atoms with Gasteiger partial charge in [0.15, 0.2) is 0 Å². The lowest BCUT2D eigenvalue weighted by atomic mass is 10.4. The van der Waals surface area contributed by atoms with E-state index >= 15 is 0 Å². The van der Waals surface area contributed by atoms with Gasteiger partial charge in [0.2, 0.25) is 0 Å². The molecule has 0 fully saturated rings. The number of aromatic nitrogens is 2. The van der Waals surface area contributed by atoms with E-state index in [2.05, 4.69) is 12.0 Å². The van der Waals surface area contributed by atoms with Gasteiger partial charge in [0.05, 0.1) is 19.3 Å². The monoisotopic (exact) mass is 125 g/mol. The topological polar surface area (TPSA) is 38.0 Å². The van der Waals surface area contributed by atoms with Crippen molar-refractivity contribution < 1.29 is 5.11 Å². The van der Waals surface area contributed by atoms with Gasteiger partial charge >= 0.3 is 0 Å². The summed E-state index contributed by atoms with van der Waals surface area (Å²) in [7, 11) is 0. The Morgan fingerprint density at radius 1 is 1.78 bits per heavy atom. The Balaban J connectivity index is 2.61. The van der Waals surface area contributed by atoms with Gasteiger partial charge in [0, 0.05) is 6.20 Å². The first-order chi connectivity index (χ1) is 4.33. The molecule has 0 saturated heterocycles. The Morgan fingerprint density at radius 2 is 2.56 bits per heavy atom. The van der Waals surface area contributed by atoms with Crippen molar-refractivity contribution >= 4 is 0 Å². The van der Waals surface area contributed by atoms with Crippen LogP contribution in [0.2, 0.25) is 0 Å². The van der Waals surface area contributed by atoms with E-state index in [-0.39, 0.29) is 6.61 Å². The molecule has 0 aromatic carbocycles. The van der Waals surface area contributed by atoms with Crippen LogP contribution in [-0.2, 0) is 6.54 Å². The molecule has 0 atom stereocenters. The summed E-state index contributed by atoms with van der Waals surface area (Å²) in [6.45, 7) is 4.34. The zero-order valence-corrected chi connectivity index (χ0v) is 5.12. The second-order valence-electron chi connectivity index (χ2n) is 1.84. The molecule has 9 heavy (non-hydrogen) atoms. The quantitative estimate of drug-likeness (QED) is 0.606. The number of nitrogens with zero attached hydrogens (tertiary/aromatic N) is 2. The maximum absolute atomic E-state index is 8.45. The molecule has 0 aliphatic carbocycles. The van der Waals surface area contributed by atoms with Crippen LogP contribution in [0.15, 0.2) is 12.4 Å². The van der Waals surface area contributed by atoms with E-state index in [1.807, 2.05) is 0 Å². The van der Waals surface area contributed by atoms with Crippen molar-refractivity contribution in [1.82, 2.24) is 9.78 Å². The van der Waals surface area contributed by atoms with Crippen molar-refractivity contribution in [3.05, 3.63) is 24.9 Å². The van der Waals surface area contributed by atoms with Crippen LogP contribution in [0, 0.1) is 6.92 Å². The summed E-state index contributed by atoms with van der Waals surface area (Å²) in [6, 6.07) is 0. The van der Waals surface area contributed by atoms with Crippen LogP contribution in [0.3, 0.4) is 0 Å². The maximum Gasteiger partial charge on any atom is 0.0640 e. The largest absolute Gasteiger partial charge is 0.394 e. The highest BCUT2D eigenvalue weighted by molar-refractivity contribution is 5.06. The minimum atomic E-state index is 0.126. The highest BCUT2D eigenvalue weighted by Gasteiger charge is 1.89. The lowest BCUT2D eigenvalue weighted by Crippen LogP contribution is -2.01. The Labute approximate surface area is 53.9 Å². The van der Waals surface area contributed by atoms with Crippen molar-refractivity contribution in [3.8, 4) is 0 Å². The Kier molecular flexibility index (Phi) is 1.85. The summed E-state index contributed by atoms with van der Waals surface area (Å²) in [5.74, 6) is 0. The fourth-order valence-corrected chi connectivity index (χ4v) is 0.631. The second kappa shape index (κ2) is 2.64. The number of rotatable bonds is 2. The van der Waals surface area contributed by atoms with Gasteiger partial charge in [-0.1, -0.05) is 0 Å². The lowest BCUT2D eigenvalue weighted by molar-refractivity contribution is 0.269. The second-order valence-corrected chi connectivity index (χ2v) is 1.84. The first-order valence-corrected chi connectivity index (χ1v) is 2.78. The molecule has 0 bridgehead atoms. The van der Waals surface area contributed by atoms with Gasteiger partial charge in [-0.2, -0.15) is 5.10 Å². The molecule has 1 N–H and O–H groups in total. The van der Waals surface area contributed by atoms with Crippen LogP contribution < -0.4 is 0 Å². The highest BCUT2D eigenvalue weighted by atomic mass is 16.3. The Bertz CT molecular complexity index is 183. The van der Waals surface area contributed by atoms with Crippen molar-refractivity contribution in [2.24, 2.45) is 0 Å². The smallest absolute Gasteiger partial charge is 0.0640 e. The lowest BCUT2D eigenvalue weighted by Gasteiger charge is -1.92. The van der Waals surface area contributed by atoms with Crippen LogP contribution in [0.25, 0.3) is 0 Å². The molecule has 1 rings (SSSR count). The minimum Gasteiger partial charge on any atom is -0.394 e. The van der Waals surface area contributed by atoms with Gasteiger partial charge in [0.25, 0.3) is 0 Å². The molecule has 0 amide bonds. The van der Waals surface area contributed by atoms with E-state index in [9.17, 15) is 0 Å². The van der Waals surface area contributed by atoms with E-state index in [0.29, 0.717) is 6.54 Å². The molecule has 1 heterocycles. The molecular formula is C6H9N2O. The molecule has 0 saturated carbocycles. The predicted octanol–water partition coefficient (Wildman–Crippen LogP) is 0.0576. The van der Waals surface area contributed by atoms with E-state index in [4.69, 9.17) is 5.11 Å². The van der Waals surface area contributed by atoms with Crippen LogP contribution in [-0.4, -0.2) is 21.5 Å².